The number of carbonyl (C=O) groups is 3. The highest BCUT2D eigenvalue weighted by molar-refractivity contribution is 8.00. The van der Waals surface area contributed by atoms with Gasteiger partial charge in [-0.05, 0) is 61.8 Å². The van der Waals surface area contributed by atoms with E-state index in [1.807, 2.05) is 11.0 Å². The van der Waals surface area contributed by atoms with Gasteiger partial charge in [-0.25, -0.2) is 0 Å². The van der Waals surface area contributed by atoms with E-state index in [9.17, 15) is 19.2 Å². The van der Waals surface area contributed by atoms with Crippen LogP contribution in [-0.4, -0.2) is 56.9 Å². The normalized spacial score (nSPS) is 36.3. The van der Waals surface area contributed by atoms with Crippen molar-refractivity contribution in [2.75, 3.05) is 13.1 Å². The van der Waals surface area contributed by atoms with E-state index in [2.05, 4.69) is 16.4 Å². The molecule has 3 aliphatic heterocycles. The Morgan fingerprint density at radius 1 is 1.09 bits per heavy atom. The van der Waals surface area contributed by atoms with Crippen LogP contribution in [0.3, 0.4) is 0 Å². The number of thiazole rings is 1. The van der Waals surface area contributed by atoms with Gasteiger partial charge in [0.15, 0.2) is 0 Å². The molecule has 10 heteroatoms. The molecule has 8 unspecified atom stereocenters. The predicted octanol–water partition coefficient (Wildman–Crippen LogP) is 3.37. The van der Waals surface area contributed by atoms with E-state index < -0.39 is 6.04 Å². The molecule has 2 aromatic heterocycles. The molecular weight excluding hydrogens is 502 g/mol. The van der Waals surface area contributed by atoms with Gasteiger partial charge in [-0.1, -0.05) is 17.4 Å². The van der Waals surface area contributed by atoms with Crippen molar-refractivity contribution in [3.63, 3.8) is 0 Å². The van der Waals surface area contributed by atoms with Gasteiger partial charge in [0, 0.05) is 34.0 Å². The number of nitrogens with one attached hydrogen (secondary N) is 1. The highest BCUT2D eigenvalue weighted by atomic mass is 32.2. The largest absolute Gasteiger partial charge is 0.341 e. The van der Waals surface area contributed by atoms with E-state index in [1.165, 1.54) is 21.1 Å². The minimum atomic E-state index is -0.737. The number of piperidine rings is 1. The Morgan fingerprint density at radius 2 is 1.83 bits per heavy atom. The number of thiophene rings is 1. The van der Waals surface area contributed by atoms with Crippen molar-refractivity contribution in [2.45, 2.75) is 54.8 Å². The number of hydrogen-bond donors (Lipinski definition) is 1. The smallest absolute Gasteiger partial charge is 0.305 e. The lowest BCUT2D eigenvalue weighted by Crippen LogP contribution is -2.51. The molecule has 2 saturated heterocycles. The molecule has 184 valence electrons. The number of aromatic amines is 1. The van der Waals surface area contributed by atoms with Crippen molar-refractivity contribution >= 4 is 52.2 Å². The molecule has 8 atom stereocenters. The van der Waals surface area contributed by atoms with Crippen LogP contribution in [0.1, 0.15) is 48.3 Å². The third-order valence-electron chi connectivity index (χ3n) is 9.02. The van der Waals surface area contributed by atoms with E-state index >= 15 is 0 Å². The number of hydrogen-bond acceptors (Lipinski definition) is 7. The first kappa shape index (κ1) is 22.3. The minimum absolute atomic E-state index is 0.0417. The first-order valence-electron chi connectivity index (χ1n) is 12.5. The quantitative estimate of drug-likeness (QED) is 0.616. The summed E-state index contributed by atoms with van der Waals surface area (Å²) in [5.41, 5.74) is 0. The van der Waals surface area contributed by atoms with Gasteiger partial charge in [-0.2, -0.15) is 0 Å². The zero-order chi connectivity index (χ0) is 24.0. The summed E-state index contributed by atoms with van der Waals surface area (Å²) in [4.78, 5) is 61.5. The number of amides is 3. The second kappa shape index (κ2) is 8.05. The summed E-state index contributed by atoms with van der Waals surface area (Å²) in [6.45, 7) is 3.15. The second-order valence-corrected chi connectivity index (χ2v) is 13.8. The van der Waals surface area contributed by atoms with Crippen molar-refractivity contribution < 1.29 is 14.4 Å². The molecule has 7 nitrogen and oxygen atoms in total. The highest BCUT2D eigenvalue weighted by Gasteiger charge is 2.70. The molecule has 2 bridgehead atoms. The van der Waals surface area contributed by atoms with Gasteiger partial charge in [-0.3, -0.25) is 24.1 Å². The van der Waals surface area contributed by atoms with Gasteiger partial charge >= 0.3 is 4.87 Å². The number of thioether (sulfide) groups is 1. The third-order valence-corrected chi connectivity index (χ3v) is 12.6. The molecule has 0 aromatic carbocycles. The molecule has 7 rings (SSSR count). The van der Waals surface area contributed by atoms with Crippen LogP contribution in [0.25, 0.3) is 0 Å². The predicted molar refractivity (Wildman–Crippen MR) is 135 cm³/mol. The van der Waals surface area contributed by atoms with Crippen LogP contribution < -0.4 is 4.87 Å². The number of H-pyrrole nitrogens is 1. The van der Waals surface area contributed by atoms with E-state index in [1.54, 1.807) is 30.0 Å². The van der Waals surface area contributed by atoms with Gasteiger partial charge in [0.1, 0.15) is 6.04 Å². The molecule has 5 heterocycles. The average molecular weight is 530 g/mol. The van der Waals surface area contributed by atoms with Crippen LogP contribution >= 0.6 is 34.4 Å². The number of nitrogens with zero attached hydrogens (tertiary/aromatic N) is 2. The van der Waals surface area contributed by atoms with E-state index in [0.29, 0.717) is 13.1 Å². The first-order chi connectivity index (χ1) is 17.0. The monoisotopic (exact) mass is 529 g/mol. The fraction of sp³-hybridized carbons (Fsp3) is 0.600. The molecule has 1 N–H and O–H groups in total. The molecule has 5 aliphatic rings. The summed E-state index contributed by atoms with van der Waals surface area (Å²) in [6, 6.07) is 3.44. The van der Waals surface area contributed by atoms with E-state index in [4.69, 9.17) is 0 Å². The molecule has 2 saturated carbocycles. The van der Waals surface area contributed by atoms with Gasteiger partial charge in [0.25, 0.3) is 0 Å². The molecule has 0 radical (unpaired) electrons. The molecule has 35 heavy (non-hydrogen) atoms. The standard InChI is InChI=1S/C25H27N3O4S3/c1-11(22(29)27-7-3-2-4-8-27)28-23(30)16-12-10-13(17(16)24(28)31)19-15(12)18(14-6-5-9-33-14)20-21(34-19)26-25(32)35-20/h5-6,9,11-13,15-19H,2-4,7-8,10H2,1H3,(H,26,32). The minimum Gasteiger partial charge on any atom is -0.341 e. The zero-order valence-corrected chi connectivity index (χ0v) is 21.8. The Morgan fingerprint density at radius 3 is 2.54 bits per heavy atom. The average Bonchev–Trinajstić information content (AvgIpc) is 3.66. The maximum atomic E-state index is 13.8. The third kappa shape index (κ3) is 3.08. The Balaban J connectivity index is 1.23. The maximum Gasteiger partial charge on any atom is 0.305 e. The second-order valence-electron chi connectivity index (χ2n) is 10.6. The number of carbonyl (C=O) groups excluding carboxylic acids is 3. The summed E-state index contributed by atoms with van der Waals surface area (Å²) >= 11 is 4.69. The maximum absolute atomic E-state index is 13.8. The highest BCUT2D eigenvalue weighted by Crippen LogP contribution is 2.68. The van der Waals surface area contributed by atoms with E-state index in [0.717, 1.165) is 35.6 Å². The zero-order valence-electron chi connectivity index (χ0n) is 19.3. The molecule has 3 amide bonds. The van der Waals surface area contributed by atoms with Crippen molar-refractivity contribution in [3.05, 3.63) is 36.9 Å². The van der Waals surface area contributed by atoms with Crippen molar-refractivity contribution in [2.24, 2.45) is 29.6 Å². The van der Waals surface area contributed by atoms with Crippen molar-refractivity contribution in [1.29, 1.82) is 0 Å². The van der Waals surface area contributed by atoms with Gasteiger partial charge in [0.2, 0.25) is 17.7 Å². The summed E-state index contributed by atoms with van der Waals surface area (Å²) in [7, 11) is 0. The van der Waals surface area contributed by atoms with Gasteiger partial charge in [-0.15, -0.1) is 23.1 Å². The lowest BCUT2D eigenvalue weighted by atomic mass is 9.69. The van der Waals surface area contributed by atoms with Crippen LogP contribution in [0.15, 0.2) is 27.3 Å². The lowest BCUT2D eigenvalue weighted by Gasteiger charge is -2.42. The van der Waals surface area contributed by atoms with Crippen molar-refractivity contribution in [1.82, 2.24) is 14.8 Å². The topological polar surface area (TPSA) is 90.6 Å². The summed E-state index contributed by atoms with van der Waals surface area (Å²) in [5.74, 6) is -0.583. The fourth-order valence-corrected chi connectivity index (χ4v) is 11.5. The molecule has 0 spiro atoms. The fourth-order valence-electron chi connectivity index (χ4n) is 7.70. The molecule has 2 aliphatic carbocycles. The summed E-state index contributed by atoms with van der Waals surface area (Å²) in [6.07, 6.45) is 3.95. The molecular formula is C25H27N3O4S3. The molecule has 4 fully saturated rings. The Labute approximate surface area is 215 Å². The molecule has 2 aromatic rings. The Hall–Kier alpha value is -1.91. The van der Waals surface area contributed by atoms with Crippen LogP contribution in [0.4, 0.5) is 0 Å². The summed E-state index contributed by atoms with van der Waals surface area (Å²) < 4.78 is 0. The SMILES string of the molecule is CC(C(=O)N1CCCCC1)N1C(=O)C2C3CC(C2C1=O)C1C(c2cccs2)c2sc(=O)[nH]c2SC31. The van der Waals surface area contributed by atoms with Crippen LogP contribution in [0.2, 0.25) is 0 Å². The number of aromatic nitrogens is 1. The Bertz CT molecular complexity index is 1260. The van der Waals surface area contributed by atoms with Crippen LogP contribution in [0.5, 0.6) is 0 Å². The first-order valence-corrected chi connectivity index (χ1v) is 15.1. The number of rotatable bonds is 3. The van der Waals surface area contributed by atoms with E-state index in [-0.39, 0.29) is 63.4 Å². The number of fused-ring (bicyclic) bond motifs is 9. The van der Waals surface area contributed by atoms with Gasteiger partial charge in [0.05, 0.1) is 16.9 Å². The van der Waals surface area contributed by atoms with Gasteiger partial charge < -0.3 is 9.88 Å². The van der Waals surface area contributed by atoms with Crippen LogP contribution in [-0.2, 0) is 14.4 Å². The van der Waals surface area contributed by atoms with Crippen LogP contribution in [0, 0.1) is 29.6 Å². The summed E-state index contributed by atoms with van der Waals surface area (Å²) in [5, 5.41) is 3.19. The number of likely N-dealkylation sites (tertiary alicyclic amines) is 2. The number of imide groups is 1. The lowest BCUT2D eigenvalue weighted by molar-refractivity contribution is -0.152. The Kier molecular flexibility index (Phi) is 5.13. The van der Waals surface area contributed by atoms with Crippen molar-refractivity contribution in [3.8, 4) is 0 Å².